The molecule has 0 spiro atoms. The second kappa shape index (κ2) is 8.43. The quantitative estimate of drug-likeness (QED) is 0.414. The Balaban J connectivity index is 1.67. The first-order valence-electron chi connectivity index (χ1n) is 10.0. The Kier molecular flexibility index (Phi) is 5.88. The lowest BCUT2D eigenvalue weighted by Crippen LogP contribution is -2.49. The molecule has 2 aliphatic rings. The third kappa shape index (κ3) is 3.74. The van der Waals surface area contributed by atoms with Crippen LogP contribution < -0.4 is 16.2 Å². The summed E-state index contributed by atoms with van der Waals surface area (Å²) in [5.74, 6) is -0.167. The fraction of sp³-hybridized carbons (Fsp3) is 0.500. The molecular weight excluding hydrogens is 424 g/mol. The van der Waals surface area contributed by atoms with Crippen LogP contribution in [0.3, 0.4) is 0 Å². The zero-order valence-electron chi connectivity index (χ0n) is 17.2. The molecule has 3 heterocycles. The van der Waals surface area contributed by atoms with Crippen LogP contribution in [0.5, 0.6) is 0 Å². The van der Waals surface area contributed by atoms with E-state index in [-0.39, 0.29) is 18.2 Å². The summed E-state index contributed by atoms with van der Waals surface area (Å²) in [6.45, 7) is 3.73. The summed E-state index contributed by atoms with van der Waals surface area (Å²) < 4.78 is 6.71. The maximum Gasteiger partial charge on any atom is 0.337 e. The minimum Gasteiger partial charge on any atom is -0.463 e. The molecule has 2 aromatic rings. The Morgan fingerprint density at radius 2 is 2.10 bits per heavy atom. The normalized spacial score (nSPS) is 18.8. The summed E-state index contributed by atoms with van der Waals surface area (Å²) in [6.07, 6.45) is 4.20. The van der Waals surface area contributed by atoms with E-state index < -0.39 is 12.0 Å². The highest BCUT2D eigenvalue weighted by molar-refractivity contribution is 7.99. The van der Waals surface area contributed by atoms with Crippen LogP contribution >= 0.6 is 23.1 Å². The van der Waals surface area contributed by atoms with E-state index in [0.717, 1.165) is 41.5 Å². The molecule has 1 aliphatic heterocycles. The van der Waals surface area contributed by atoms with Crippen LogP contribution in [0.4, 0.5) is 4.79 Å². The van der Waals surface area contributed by atoms with Gasteiger partial charge in [0, 0.05) is 23.4 Å². The lowest BCUT2D eigenvalue weighted by Gasteiger charge is -2.26. The molecule has 160 valence electrons. The van der Waals surface area contributed by atoms with Crippen LogP contribution in [0.25, 0.3) is 10.2 Å². The van der Waals surface area contributed by atoms with Gasteiger partial charge in [0.05, 0.1) is 23.6 Å². The van der Waals surface area contributed by atoms with E-state index in [1.54, 1.807) is 36.8 Å². The first-order chi connectivity index (χ1) is 14.4. The van der Waals surface area contributed by atoms with Gasteiger partial charge in [-0.1, -0.05) is 11.8 Å². The predicted octanol–water partition coefficient (Wildman–Crippen LogP) is 2.48. The van der Waals surface area contributed by atoms with E-state index in [1.165, 1.54) is 16.6 Å². The van der Waals surface area contributed by atoms with Gasteiger partial charge in [-0.25, -0.2) is 14.6 Å². The van der Waals surface area contributed by atoms with Crippen molar-refractivity contribution < 1.29 is 14.3 Å². The second-order valence-electron chi connectivity index (χ2n) is 7.37. The van der Waals surface area contributed by atoms with Crippen molar-refractivity contribution in [1.29, 1.82) is 0 Å². The van der Waals surface area contributed by atoms with Gasteiger partial charge in [0.1, 0.15) is 4.83 Å². The molecule has 0 radical (unpaired) electrons. The molecule has 2 N–H and O–H groups in total. The van der Waals surface area contributed by atoms with Crippen LogP contribution in [-0.2, 0) is 29.4 Å². The van der Waals surface area contributed by atoms with Crippen LogP contribution in [0.1, 0.15) is 37.1 Å². The van der Waals surface area contributed by atoms with Crippen LogP contribution in [0.2, 0.25) is 0 Å². The summed E-state index contributed by atoms with van der Waals surface area (Å²) in [6, 6.07) is -0.828. The third-order valence-electron chi connectivity index (χ3n) is 5.37. The average Bonchev–Trinajstić information content (AvgIpc) is 3.07. The number of aryl methyl sites for hydroxylation is 2. The Hall–Kier alpha value is -2.33. The Labute approximate surface area is 182 Å². The minimum absolute atomic E-state index is 0.0378. The standard InChI is InChI=1S/C20H24N4O4S2/c1-4-28-18(26)14-10(2)21-19(27)22-12(14)9-29-20-23-16-15(17(25)24(20)3)11-7-5-6-8-13(11)30-16/h10H,4-9H2,1-3H3,(H2,21,22,27)/t10-/m0/s1. The molecular formula is C20H24N4O4S2. The number of thiophene rings is 1. The topological polar surface area (TPSA) is 102 Å². The molecule has 10 heteroatoms. The molecule has 2 amide bonds. The molecule has 1 aliphatic carbocycles. The van der Waals surface area contributed by atoms with Crippen molar-refractivity contribution in [2.45, 2.75) is 50.7 Å². The van der Waals surface area contributed by atoms with Gasteiger partial charge in [-0.15, -0.1) is 11.3 Å². The largest absolute Gasteiger partial charge is 0.463 e. The van der Waals surface area contributed by atoms with Crippen molar-refractivity contribution in [1.82, 2.24) is 20.2 Å². The van der Waals surface area contributed by atoms with Gasteiger partial charge < -0.3 is 15.4 Å². The summed E-state index contributed by atoms with van der Waals surface area (Å²) in [5, 5.41) is 6.70. The third-order valence-corrected chi connectivity index (χ3v) is 7.61. The number of ether oxygens (including phenoxy) is 1. The van der Waals surface area contributed by atoms with Crippen LogP contribution in [0.15, 0.2) is 21.2 Å². The summed E-state index contributed by atoms with van der Waals surface area (Å²) in [7, 11) is 1.72. The molecule has 0 fully saturated rings. The van der Waals surface area contributed by atoms with Gasteiger partial charge in [0.2, 0.25) is 0 Å². The minimum atomic E-state index is -0.462. The Bertz CT molecular complexity index is 1120. The molecule has 1 atom stereocenters. The number of urea groups is 1. The van der Waals surface area contributed by atoms with Crippen LogP contribution in [-0.4, -0.2) is 40.0 Å². The van der Waals surface area contributed by atoms with E-state index in [2.05, 4.69) is 10.6 Å². The number of hydrogen-bond acceptors (Lipinski definition) is 7. The lowest BCUT2D eigenvalue weighted by molar-refractivity contribution is -0.138. The van der Waals surface area contributed by atoms with Crippen LogP contribution in [0, 0.1) is 0 Å². The highest BCUT2D eigenvalue weighted by atomic mass is 32.2. The second-order valence-corrected chi connectivity index (χ2v) is 9.40. The average molecular weight is 449 g/mol. The number of esters is 1. The molecule has 0 unspecified atom stereocenters. The fourth-order valence-corrected chi connectivity index (χ4v) is 6.17. The smallest absolute Gasteiger partial charge is 0.337 e. The Morgan fingerprint density at radius 1 is 1.33 bits per heavy atom. The monoisotopic (exact) mass is 448 g/mol. The van der Waals surface area contributed by atoms with Crippen molar-refractivity contribution in [2.24, 2.45) is 7.05 Å². The van der Waals surface area contributed by atoms with Gasteiger partial charge in [-0.2, -0.15) is 0 Å². The van der Waals surface area contributed by atoms with Gasteiger partial charge >= 0.3 is 12.0 Å². The molecule has 2 aromatic heterocycles. The predicted molar refractivity (Wildman–Crippen MR) is 117 cm³/mol. The maximum absolute atomic E-state index is 13.0. The van der Waals surface area contributed by atoms with Gasteiger partial charge in [-0.05, 0) is 45.1 Å². The summed E-state index contributed by atoms with van der Waals surface area (Å²) >= 11 is 2.93. The van der Waals surface area contributed by atoms with Crippen molar-refractivity contribution in [3.8, 4) is 0 Å². The van der Waals surface area contributed by atoms with E-state index in [1.807, 2.05) is 0 Å². The molecule has 0 saturated carbocycles. The number of nitrogens with zero attached hydrogens (tertiary/aromatic N) is 2. The number of thioether (sulfide) groups is 1. The van der Waals surface area contributed by atoms with E-state index in [9.17, 15) is 14.4 Å². The lowest BCUT2D eigenvalue weighted by atomic mass is 9.97. The molecule has 0 bridgehead atoms. The Morgan fingerprint density at radius 3 is 2.87 bits per heavy atom. The summed E-state index contributed by atoms with van der Waals surface area (Å²) in [5.41, 5.74) is 2.00. The number of fused-ring (bicyclic) bond motifs is 3. The zero-order valence-corrected chi connectivity index (χ0v) is 18.8. The highest BCUT2D eigenvalue weighted by Gasteiger charge is 2.30. The number of carbonyl (C=O) groups excluding carboxylic acids is 2. The van der Waals surface area contributed by atoms with Gasteiger partial charge in [0.25, 0.3) is 5.56 Å². The molecule has 4 rings (SSSR count). The number of carbonyl (C=O) groups is 2. The molecule has 0 aromatic carbocycles. The number of hydrogen-bond donors (Lipinski definition) is 2. The maximum atomic E-state index is 13.0. The van der Waals surface area contributed by atoms with E-state index >= 15 is 0 Å². The van der Waals surface area contributed by atoms with Crippen molar-refractivity contribution in [3.63, 3.8) is 0 Å². The number of aromatic nitrogens is 2. The zero-order chi connectivity index (χ0) is 21.4. The van der Waals surface area contributed by atoms with Gasteiger partial charge in [-0.3, -0.25) is 9.36 Å². The number of nitrogens with one attached hydrogen (secondary N) is 2. The van der Waals surface area contributed by atoms with Crippen molar-refractivity contribution in [2.75, 3.05) is 12.4 Å². The first-order valence-corrected chi connectivity index (χ1v) is 11.8. The van der Waals surface area contributed by atoms with Crippen molar-refractivity contribution in [3.05, 3.63) is 32.1 Å². The highest BCUT2D eigenvalue weighted by Crippen LogP contribution is 2.34. The molecule has 30 heavy (non-hydrogen) atoms. The van der Waals surface area contributed by atoms with Gasteiger partial charge in [0.15, 0.2) is 5.16 Å². The summed E-state index contributed by atoms with van der Waals surface area (Å²) in [4.78, 5) is 44.2. The number of rotatable bonds is 5. The first kappa shape index (κ1) is 20.9. The number of amides is 2. The van der Waals surface area contributed by atoms with Crippen molar-refractivity contribution >= 4 is 45.3 Å². The molecule has 8 nitrogen and oxygen atoms in total. The van der Waals surface area contributed by atoms with E-state index in [4.69, 9.17) is 9.72 Å². The van der Waals surface area contributed by atoms with E-state index in [0.29, 0.717) is 22.2 Å². The molecule has 0 saturated heterocycles. The fourth-order valence-electron chi connectivity index (χ4n) is 3.93. The SMILES string of the molecule is CCOC(=O)C1=C(CSc2nc3sc4c(c3c(=O)n2C)CCCC4)NC(=O)N[C@H]1C.